The van der Waals surface area contributed by atoms with Crippen LogP contribution in [0.3, 0.4) is 0 Å². The van der Waals surface area contributed by atoms with E-state index in [-0.39, 0.29) is 17.4 Å². The second kappa shape index (κ2) is 11.3. The molecule has 0 saturated carbocycles. The number of halogens is 3. The Labute approximate surface area is 237 Å². The van der Waals surface area contributed by atoms with Gasteiger partial charge < -0.3 is 19.4 Å². The predicted molar refractivity (Wildman–Crippen MR) is 149 cm³/mol. The average Bonchev–Trinajstić information content (AvgIpc) is 3.56. The monoisotopic (exact) mass is 580 g/mol. The van der Waals surface area contributed by atoms with Crippen molar-refractivity contribution < 1.29 is 27.4 Å². The van der Waals surface area contributed by atoms with Gasteiger partial charge >= 0.3 is 6.36 Å². The van der Waals surface area contributed by atoms with E-state index >= 15 is 0 Å². The summed E-state index contributed by atoms with van der Waals surface area (Å²) in [7, 11) is 2.12. The zero-order valence-corrected chi connectivity index (χ0v) is 22.6. The number of H-pyrrole nitrogens is 1. The molecule has 0 bridgehead atoms. The largest absolute Gasteiger partial charge is 0.573 e. The highest BCUT2D eigenvalue weighted by Gasteiger charge is 2.31. The van der Waals surface area contributed by atoms with Crippen LogP contribution >= 0.6 is 0 Å². The van der Waals surface area contributed by atoms with Crippen molar-refractivity contribution in [1.82, 2.24) is 34.4 Å². The molecule has 0 unspecified atom stereocenters. The summed E-state index contributed by atoms with van der Waals surface area (Å²) in [4.78, 5) is 29.3. The molecule has 0 atom stereocenters. The lowest BCUT2D eigenvalue weighted by molar-refractivity contribution is -0.274. The van der Waals surface area contributed by atoms with E-state index < -0.39 is 12.3 Å². The first-order chi connectivity index (χ1) is 20.2. The van der Waals surface area contributed by atoms with Gasteiger partial charge in [0, 0.05) is 38.8 Å². The lowest BCUT2D eigenvalue weighted by Crippen LogP contribution is -2.45. The molecule has 6 rings (SSSR count). The van der Waals surface area contributed by atoms with Crippen molar-refractivity contribution in [2.45, 2.75) is 6.36 Å². The molecule has 1 saturated heterocycles. The fourth-order valence-electron chi connectivity index (χ4n) is 4.69. The minimum Gasteiger partial charge on any atom is -0.475 e. The first-order valence-electron chi connectivity index (χ1n) is 13.3. The summed E-state index contributed by atoms with van der Waals surface area (Å²) >= 11 is 0. The number of hydrogen-bond acceptors (Lipinski definition) is 8. The Balaban J connectivity index is 1.11. The summed E-state index contributed by atoms with van der Waals surface area (Å²) in [6.45, 7) is 5.41. The van der Waals surface area contributed by atoms with Crippen molar-refractivity contribution in [3.8, 4) is 22.8 Å². The third kappa shape index (κ3) is 6.44. The Hall–Kier alpha value is -4.69. The molecule has 4 heterocycles. The Morgan fingerprint density at radius 3 is 2.64 bits per heavy atom. The van der Waals surface area contributed by atoms with Crippen LogP contribution in [0, 0.1) is 0 Å². The normalized spacial score (nSPS) is 14.9. The lowest BCUT2D eigenvalue weighted by Gasteiger charge is -2.32. The van der Waals surface area contributed by atoms with Crippen molar-refractivity contribution in [3.05, 3.63) is 66.5 Å². The van der Waals surface area contributed by atoms with Crippen LogP contribution in [0.5, 0.6) is 11.6 Å². The van der Waals surface area contributed by atoms with Gasteiger partial charge in [0.1, 0.15) is 18.1 Å². The number of carbonyl (C=O) groups excluding carboxylic acids is 1. The van der Waals surface area contributed by atoms with Crippen molar-refractivity contribution in [3.63, 3.8) is 0 Å². The van der Waals surface area contributed by atoms with Crippen LogP contribution in [-0.2, 0) is 0 Å². The molecule has 1 aliphatic rings. The zero-order chi connectivity index (χ0) is 29.3. The minimum atomic E-state index is -4.78. The summed E-state index contributed by atoms with van der Waals surface area (Å²) in [5.74, 6) is -0.179. The van der Waals surface area contributed by atoms with Crippen molar-refractivity contribution in [2.75, 3.05) is 51.7 Å². The third-order valence-electron chi connectivity index (χ3n) is 6.90. The molecule has 1 amide bonds. The first-order valence-corrected chi connectivity index (χ1v) is 13.3. The van der Waals surface area contributed by atoms with E-state index in [1.165, 1.54) is 28.9 Å². The number of ether oxygens (including phenoxy) is 2. The fourth-order valence-corrected chi connectivity index (χ4v) is 4.69. The summed E-state index contributed by atoms with van der Waals surface area (Å²) in [5.41, 5.74) is 2.94. The highest BCUT2D eigenvalue weighted by molar-refractivity contribution is 6.03. The number of nitrogens with one attached hydrogen (secondary N) is 2. The van der Waals surface area contributed by atoms with E-state index in [4.69, 9.17) is 4.74 Å². The van der Waals surface area contributed by atoms with E-state index in [1.807, 2.05) is 0 Å². The minimum absolute atomic E-state index is 0.139. The molecule has 2 aromatic carbocycles. The maximum Gasteiger partial charge on any atom is 0.573 e. The van der Waals surface area contributed by atoms with Crippen LogP contribution in [0.2, 0.25) is 0 Å². The Morgan fingerprint density at radius 1 is 1.02 bits per heavy atom. The van der Waals surface area contributed by atoms with Crippen molar-refractivity contribution in [1.29, 1.82) is 0 Å². The molecular weight excluding hydrogens is 553 g/mol. The molecule has 0 aliphatic carbocycles. The second-order valence-corrected chi connectivity index (χ2v) is 9.94. The van der Waals surface area contributed by atoms with E-state index in [0.717, 1.165) is 32.7 Å². The quantitative estimate of drug-likeness (QED) is 0.283. The van der Waals surface area contributed by atoms with Crippen LogP contribution in [0.1, 0.15) is 10.5 Å². The van der Waals surface area contributed by atoms with Crippen LogP contribution in [0.25, 0.3) is 27.8 Å². The van der Waals surface area contributed by atoms with Gasteiger partial charge in [-0.15, -0.1) is 18.3 Å². The van der Waals surface area contributed by atoms with Crippen LogP contribution in [-0.4, -0.2) is 93.0 Å². The van der Waals surface area contributed by atoms with Crippen LogP contribution in [0.4, 0.5) is 19.1 Å². The van der Waals surface area contributed by atoms with E-state index in [2.05, 4.69) is 47.0 Å². The standard InChI is InChI=1S/C28H27F3N8O3/c1-37-9-11-38(12-10-37)13-14-41-25-8-7-24-32-23(17-39(24)36-25)26(40)35-27-33-21-6-5-19(16-22(21)34-27)18-3-2-4-20(15-18)42-28(29,30)31/h2-8,15-17H,9-14H2,1H3,(H2,33,34,35,40). The molecule has 1 fully saturated rings. The zero-order valence-electron chi connectivity index (χ0n) is 22.6. The smallest absolute Gasteiger partial charge is 0.475 e. The Bertz CT molecular complexity index is 1730. The average molecular weight is 581 g/mol. The van der Waals surface area contributed by atoms with Gasteiger partial charge in [-0.25, -0.2) is 14.5 Å². The van der Waals surface area contributed by atoms with Gasteiger partial charge in [-0.2, -0.15) is 0 Å². The second-order valence-electron chi connectivity index (χ2n) is 9.94. The number of piperazine rings is 1. The van der Waals surface area contributed by atoms with Gasteiger partial charge in [0.15, 0.2) is 5.65 Å². The van der Waals surface area contributed by atoms with E-state index in [9.17, 15) is 18.0 Å². The topological polar surface area (TPSA) is 113 Å². The number of carbonyl (C=O) groups is 1. The van der Waals surface area contributed by atoms with Gasteiger partial charge in [-0.1, -0.05) is 18.2 Å². The Morgan fingerprint density at radius 2 is 1.83 bits per heavy atom. The number of aromatic amines is 1. The maximum absolute atomic E-state index is 12.9. The number of alkyl halides is 3. The van der Waals surface area contributed by atoms with Crippen LogP contribution < -0.4 is 14.8 Å². The summed E-state index contributed by atoms with van der Waals surface area (Å²) in [5, 5.41) is 7.11. The van der Waals surface area contributed by atoms with Gasteiger partial charge in [0.25, 0.3) is 5.91 Å². The number of likely N-dealkylation sites (N-methyl/N-ethyl adjacent to an activating group) is 1. The summed E-state index contributed by atoms with van der Waals surface area (Å²) < 4.78 is 49.2. The Kier molecular flexibility index (Phi) is 7.39. The van der Waals surface area contributed by atoms with Crippen molar-refractivity contribution in [2.24, 2.45) is 0 Å². The molecule has 5 aromatic rings. The number of nitrogens with zero attached hydrogens (tertiary/aromatic N) is 6. The number of benzene rings is 2. The lowest BCUT2D eigenvalue weighted by atomic mass is 10.0. The summed E-state index contributed by atoms with van der Waals surface area (Å²) in [6, 6.07) is 14.3. The van der Waals surface area contributed by atoms with Crippen LogP contribution in [0.15, 0.2) is 60.8 Å². The third-order valence-corrected chi connectivity index (χ3v) is 6.90. The molecule has 3 aromatic heterocycles. The van der Waals surface area contributed by atoms with Gasteiger partial charge in [-0.05, 0) is 48.5 Å². The van der Waals surface area contributed by atoms with E-state index in [0.29, 0.717) is 40.3 Å². The molecular formula is C28H27F3N8O3. The molecule has 42 heavy (non-hydrogen) atoms. The number of aromatic nitrogens is 5. The molecule has 0 radical (unpaired) electrons. The number of imidazole rings is 2. The predicted octanol–water partition coefficient (Wildman–Crippen LogP) is 4.05. The number of amides is 1. The molecule has 1 aliphatic heterocycles. The van der Waals surface area contributed by atoms with Gasteiger partial charge in [0.2, 0.25) is 11.8 Å². The van der Waals surface area contributed by atoms with E-state index in [1.54, 1.807) is 36.4 Å². The van der Waals surface area contributed by atoms with Gasteiger partial charge in [-0.3, -0.25) is 15.0 Å². The number of hydrogen-bond donors (Lipinski definition) is 2. The van der Waals surface area contributed by atoms with Crippen molar-refractivity contribution >= 4 is 28.5 Å². The maximum atomic E-state index is 12.9. The fraction of sp³-hybridized carbons (Fsp3) is 0.286. The highest BCUT2D eigenvalue weighted by atomic mass is 19.4. The summed E-state index contributed by atoms with van der Waals surface area (Å²) in [6.07, 6.45) is -3.27. The molecule has 0 spiro atoms. The van der Waals surface area contributed by atoms with Gasteiger partial charge in [0.05, 0.1) is 17.2 Å². The molecule has 218 valence electrons. The first kappa shape index (κ1) is 27.5. The number of anilines is 1. The SMILES string of the molecule is CN1CCN(CCOc2ccc3nc(C(=O)Nc4nc5ccc(-c6cccc(OC(F)(F)F)c6)cc5[nH]4)cn3n2)CC1. The number of rotatable bonds is 8. The number of fused-ring (bicyclic) bond motifs is 2. The molecule has 11 nitrogen and oxygen atoms in total. The molecule has 2 N–H and O–H groups in total. The highest BCUT2D eigenvalue weighted by Crippen LogP contribution is 2.30. The molecule has 14 heteroatoms.